The molecule has 0 fully saturated rings. The lowest BCUT2D eigenvalue weighted by Gasteiger charge is -2.19. The summed E-state index contributed by atoms with van der Waals surface area (Å²) in [6, 6.07) is 5.28. The van der Waals surface area contributed by atoms with Gasteiger partial charge >= 0.3 is 6.18 Å². The zero-order valence-corrected chi connectivity index (χ0v) is 9.93. The molecule has 0 heterocycles. The maximum absolute atomic E-state index is 12.4. The van der Waals surface area contributed by atoms with Gasteiger partial charge in [-0.2, -0.15) is 13.2 Å². The molecule has 0 aliphatic heterocycles. The molecule has 1 aromatic carbocycles. The number of nitrogens with two attached hydrogens (primary N) is 1. The summed E-state index contributed by atoms with van der Waals surface area (Å²) in [4.78, 5) is 0. The highest BCUT2D eigenvalue weighted by Crippen LogP contribution is 2.29. The minimum Gasteiger partial charge on any atom is -0.324 e. The number of hydrogen-bond acceptors (Lipinski definition) is 2. The molecule has 0 saturated carbocycles. The average molecular weight is 246 g/mol. The van der Waals surface area contributed by atoms with Crippen molar-refractivity contribution in [3.05, 3.63) is 35.4 Å². The average Bonchev–Trinajstić information content (AvgIpc) is 2.15. The van der Waals surface area contributed by atoms with Crippen LogP contribution in [-0.4, -0.2) is 12.1 Å². The van der Waals surface area contributed by atoms with Crippen molar-refractivity contribution in [3.8, 4) is 0 Å². The number of halogens is 3. The molecule has 17 heavy (non-hydrogen) atoms. The fourth-order valence-electron chi connectivity index (χ4n) is 1.39. The molecule has 3 N–H and O–H groups in total. The quantitative estimate of drug-likeness (QED) is 0.856. The predicted molar refractivity (Wildman–Crippen MR) is 61.4 cm³/mol. The van der Waals surface area contributed by atoms with Crippen LogP contribution < -0.4 is 11.1 Å². The number of nitrogens with one attached hydrogen (secondary N) is 1. The van der Waals surface area contributed by atoms with E-state index in [9.17, 15) is 13.2 Å². The fraction of sp³-hybridized carbons (Fsp3) is 0.500. The van der Waals surface area contributed by atoms with E-state index in [0.717, 1.165) is 12.1 Å². The van der Waals surface area contributed by atoms with Crippen molar-refractivity contribution in [2.75, 3.05) is 6.54 Å². The molecule has 1 rings (SSSR count). The first-order valence-corrected chi connectivity index (χ1v) is 5.34. The molecular weight excluding hydrogens is 229 g/mol. The molecule has 0 aliphatic carbocycles. The number of benzene rings is 1. The van der Waals surface area contributed by atoms with E-state index < -0.39 is 11.7 Å². The van der Waals surface area contributed by atoms with Gasteiger partial charge in [0.1, 0.15) is 0 Å². The van der Waals surface area contributed by atoms with Gasteiger partial charge in [0.05, 0.1) is 5.56 Å². The summed E-state index contributed by atoms with van der Waals surface area (Å²) in [6.07, 6.45) is -4.29. The van der Waals surface area contributed by atoms with E-state index in [0.29, 0.717) is 18.7 Å². The lowest BCUT2D eigenvalue weighted by Crippen LogP contribution is -2.42. The van der Waals surface area contributed by atoms with Crippen molar-refractivity contribution < 1.29 is 13.2 Å². The van der Waals surface area contributed by atoms with Crippen LogP contribution in [0.25, 0.3) is 0 Å². The smallest absolute Gasteiger partial charge is 0.324 e. The Labute approximate surface area is 99.0 Å². The zero-order valence-electron chi connectivity index (χ0n) is 9.93. The molecule has 0 radical (unpaired) electrons. The van der Waals surface area contributed by atoms with Crippen molar-refractivity contribution in [2.24, 2.45) is 5.73 Å². The molecule has 0 bridgehead atoms. The Morgan fingerprint density at radius 1 is 1.24 bits per heavy atom. The maximum atomic E-state index is 12.4. The minimum absolute atomic E-state index is 0.373. The lowest BCUT2D eigenvalue weighted by molar-refractivity contribution is -0.137. The van der Waals surface area contributed by atoms with E-state index in [2.05, 4.69) is 5.32 Å². The van der Waals surface area contributed by atoms with Gasteiger partial charge in [0.2, 0.25) is 0 Å². The standard InChI is InChI=1S/C12H17F3N2/c1-11(2,16)8-17-7-9-4-3-5-10(6-9)12(13,14)15/h3-6,17H,7-8,16H2,1-2H3. The van der Waals surface area contributed by atoms with Crippen molar-refractivity contribution >= 4 is 0 Å². The van der Waals surface area contributed by atoms with Crippen molar-refractivity contribution in [1.29, 1.82) is 0 Å². The Bertz CT molecular complexity index is 367. The van der Waals surface area contributed by atoms with Crippen LogP contribution in [0.15, 0.2) is 24.3 Å². The van der Waals surface area contributed by atoms with Gasteiger partial charge in [0, 0.05) is 18.6 Å². The number of rotatable bonds is 4. The second-order valence-corrected chi connectivity index (χ2v) is 4.79. The van der Waals surface area contributed by atoms with E-state index in [1.54, 1.807) is 6.07 Å². The summed E-state index contributed by atoms with van der Waals surface area (Å²) in [5.74, 6) is 0. The van der Waals surface area contributed by atoms with Crippen LogP contribution in [-0.2, 0) is 12.7 Å². The predicted octanol–water partition coefficient (Wildman–Crippen LogP) is 2.53. The van der Waals surface area contributed by atoms with Crippen molar-refractivity contribution in [1.82, 2.24) is 5.32 Å². The third kappa shape index (κ3) is 5.19. The summed E-state index contributed by atoms with van der Waals surface area (Å²) in [5, 5.41) is 3.03. The second-order valence-electron chi connectivity index (χ2n) is 4.79. The first-order chi connectivity index (χ1) is 7.68. The van der Waals surface area contributed by atoms with Crippen LogP contribution >= 0.6 is 0 Å². The van der Waals surface area contributed by atoms with Gasteiger partial charge < -0.3 is 11.1 Å². The normalized spacial score (nSPS) is 12.8. The van der Waals surface area contributed by atoms with E-state index >= 15 is 0 Å². The Morgan fingerprint density at radius 3 is 2.41 bits per heavy atom. The van der Waals surface area contributed by atoms with Gasteiger partial charge in [0.25, 0.3) is 0 Å². The number of alkyl halides is 3. The third-order valence-electron chi connectivity index (χ3n) is 2.16. The topological polar surface area (TPSA) is 38.0 Å². The summed E-state index contributed by atoms with van der Waals surface area (Å²) >= 11 is 0. The van der Waals surface area contributed by atoms with Gasteiger partial charge in [-0.05, 0) is 25.5 Å². The molecule has 0 aliphatic rings. The molecule has 0 atom stereocenters. The van der Waals surface area contributed by atoms with E-state index in [1.807, 2.05) is 13.8 Å². The van der Waals surface area contributed by atoms with E-state index in [1.165, 1.54) is 6.07 Å². The van der Waals surface area contributed by atoms with Crippen LogP contribution in [0.4, 0.5) is 13.2 Å². The summed E-state index contributed by atoms with van der Waals surface area (Å²) in [5.41, 5.74) is 5.36. The Hall–Kier alpha value is -1.07. The molecule has 0 saturated heterocycles. The first-order valence-electron chi connectivity index (χ1n) is 5.34. The SMILES string of the molecule is CC(C)(N)CNCc1cccc(C(F)(F)F)c1. The summed E-state index contributed by atoms with van der Waals surface area (Å²) < 4.78 is 37.3. The van der Waals surface area contributed by atoms with Gasteiger partial charge in [-0.25, -0.2) is 0 Å². The van der Waals surface area contributed by atoms with Gasteiger partial charge in [-0.15, -0.1) is 0 Å². The highest BCUT2D eigenvalue weighted by molar-refractivity contribution is 5.25. The zero-order chi connectivity index (χ0) is 13.1. The molecular formula is C12H17F3N2. The molecule has 1 aromatic rings. The summed E-state index contributed by atoms with van der Waals surface area (Å²) in [6.45, 7) is 4.63. The van der Waals surface area contributed by atoms with Crippen LogP contribution in [0.5, 0.6) is 0 Å². The van der Waals surface area contributed by atoms with Gasteiger partial charge in [-0.1, -0.05) is 18.2 Å². The summed E-state index contributed by atoms with van der Waals surface area (Å²) in [7, 11) is 0. The molecule has 5 heteroatoms. The Balaban J connectivity index is 2.61. The molecule has 96 valence electrons. The second kappa shape index (κ2) is 5.06. The van der Waals surface area contributed by atoms with Crippen LogP contribution in [0.1, 0.15) is 25.0 Å². The van der Waals surface area contributed by atoms with E-state index in [-0.39, 0.29) is 5.54 Å². The monoisotopic (exact) mass is 246 g/mol. The molecule has 0 amide bonds. The molecule has 0 spiro atoms. The number of hydrogen-bond donors (Lipinski definition) is 2. The Morgan fingerprint density at radius 2 is 1.88 bits per heavy atom. The Kier molecular flexibility index (Phi) is 4.16. The van der Waals surface area contributed by atoms with Crippen LogP contribution in [0.2, 0.25) is 0 Å². The van der Waals surface area contributed by atoms with Gasteiger partial charge in [-0.3, -0.25) is 0 Å². The third-order valence-corrected chi connectivity index (χ3v) is 2.16. The molecule has 0 unspecified atom stereocenters. The fourth-order valence-corrected chi connectivity index (χ4v) is 1.39. The minimum atomic E-state index is -4.29. The molecule has 2 nitrogen and oxygen atoms in total. The maximum Gasteiger partial charge on any atom is 0.416 e. The lowest BCUT2D eigenvalue weighted by atomic mass is 10.1. The highest BCUT2D eigenvalue weighted by atomic mass is 19.4. The molecule has 0 aromatic heterocycles. The van der Waals surface area contributed by atoms with Crippen LogP contribution in [0, 0.1) is 0 Å². The van der Waals surface area contributed by atoms with Gasteiger partial charge in [0.15, 0.2) is 0 Å². The van der Waals surface area contributed by atoms with E-state index in [4.69, 9.17) is 5.73 Å². The van der Waals surface area contributed by atoms with Crippen molar-refractivity contribution in [2.45, 2.75) is 32.1 Å². The highest BCUT2D eigenvalue weighted by Gasteiger charge is 2.30. The van der Waals surface area contributed by atoms with Crippen molar-refractivity contribution in [3.63, 3.8) is 0 Å². The first kappa shape index (κ1) is 14.0. The van der Waals surface area contributed by atoms with Crippen LogP contribution in [0.3, 0.4) is 0 Å². The largest absolute Gasteiger partial charge is 0.416 e.